The molecular formula is C57H34N6O. The van der Waals surface area contributed by atoms with E-state index in [0.29, 0.717) is 17.7 Å². The van der Waals surface area contributed by atoms with Crippen LogP contribution in [0.3, 0.4) is 0 Å². The number of benzene rings is 9. The maximum absolute atomic E-state index is 6.66. The lowest BCUT2D eigenvalue weighted by molar-refractivity contribution is 0.669. The number of para-hydroxylation sites is 6. The van der Waals surface area contributed by atoms with Crippen LogP contribution in [-0.4, -0.2) is 28.7 Å². The van der Waals surface area contributed by atoms with Gasteiger partial charge < -0.3 is 8.98 Å². The van der Waals surface area contributed by atoms with Gasteiger partial charge in [0, 0.05) is 48.8 Å². The smallest absolute Gasteiger partial charge is 0.240 e. The molecule has 9 aromatic carbocycles. The van der Waals surface area contributed by atoms with Crippen molar-refractivity contribution in [1.29, 1.82) is 0 Å². The molecule has 0 fully saturated rings. The van der Waals surface area contributed by atoms with Gasteiger partial charge in [-0.25, -0.2) is 0 Å². The molecule has 0 saturated heterocycles. The molecule has 14 aromatic rings. The summed E-state index contributed by atoms with van der Waals surface area (Å²) in [5.74, 6) is 1.53. The van der Waals surface area contributed by atoms with E-state index in [2.05, 4.69) is 202 Å². The van der Waals surface area contributed by atoms with Gasteiger partial charge in [-0.05, 0) is 59.7 Å². The minimum atomic E-state index is 0.503. The fourth-order valence-electron chi connectivity index (χ4n) is 10.2. The molecule has 298 valence electrons. The van der Waals surface area contributed by atoms with Crippen LogP contribution in [0.15, 0.2) is 211 Å². The van der Waals surface area contributed by atoms with Crippen molar-refractivity contribution in [2.75, 3.05) is 0 Å². The second-order valence-electron chi connectivity index (χ2n) is 16.4. The van der Waals surface area contributed by atoms with E-state index in [9.17, 15) is 0 Å². The van der Waals surface area contributed by atoms with Gasteiger partial charge in [0.1, 0.15) is 11.2 Å². The summed E-state index contributed by atoms with van der Waals surface area (Å²) in [6, 6.07) is 72.6. The van der Waals surface area contributed by atoms with Crippen LogP contribution in [-0.2, 0) is 0 Å². The molecule has 0 atom stereocenters. The first kappa shape index (κ1) is 34.9. The third kappa shape index (κ3) is 4.94. The Morgan fingerprint density at radius 1 is 0.328 bits per heavy atom. The van der Waals surface area contributed by atoms with Gasteiger partial charge in [-0.1, -0.05) is 158 Å². The zero-order valence-electron chi connectivity index (χ0n) is 34.2. The van der Waals surface area contributed by atoms with E-state index in [4.69, 9.17) is 19.4 Å². The predicted octanol–water partition coefficient (Wildman–Crippen LogP) is 14.4. The van der Waals surface area contributed by atoms with E-state index in [-0.39, 0.29) is 0 Å². The Balaban J connectivity index is 1.14. The van der Waals surface area contributed by atoms with E-state index in [1.807, 2.05) is 18.2 Å². The van der Waals surface area contributed by atoms with Crippen LogP contribution >= 0.6 is 0 Å². The number of hydrogen-bond donors (Lipinski definition) is 0. The summed E-state index contributed by atoms with van der Waals surface area (Å²) in [4.78, 5) is 16.5. The number of fused-ring (bicyclic) bond motifs is 13. The number of aromatic nitrogens is 6. The molecule has 0 aliphatic rings. The molecular weight excluding hydrogens is 785 g/mol. The SMILES string of the molecule is c1ccc(-c2cccc(-n3c4ccccc4c4ccc5c6ccccc6n(-c6nc(-c7cccc8c7oc7ccccc78)nc(-n7c8ccccc8c8ccccc87)n6)c5c43)c2)cc1. The normalized spacial score (nSPS) is 12.1. The topological polar surface area (TPSA) is 66.6 Å². The monoisotopic (exact) mass is 818 g/mol. The quantitative estimate of drug-likeness (QED) is 0.173. The molecule has 0 N–H and O–H groups in total. The summed E-state index contributed by atoms with van der Waals surface area (Å²) in [6.07, 6.45) is 0. The van der Waals surface area contributed by atoms with Crippen molar-refractivity contribution < 1.29 is 4.42 Å². The maximum atomic E-state index is 6.66. The van der Waals surface area contributed by atoms with Gasteiger partial charge in [-0.15, -0.1) is 0 Å². The molecule has 5 heterocycles. The van der Waals surface area contributed by atoms with Crippen LogP contribution in [0.5, 0.6) is 0 Å². The molecule has 7 nitrogen and oxygen atoms in total. The van der Waals surface area contributed by atoms with Crippen molar-refractivity contribution in [1.82, 2.24) is 28.7 Å². The van der Waals surface area contributed by atoms with Crippen LogP contribution in [0.4, 0.5) is 0 Å². The summed E-state index contributed by atoms with van der Waals surface area (Å²) in [5, 5.41) is 8.82. The van der Waals surface area contributed by atoms with Crippen LogP contribution in [0, 0.1) is 0 Å². The standard InChI is InChI=1S/C57H34N6O/c1-2-16-35(17-3-1)36-18-14-19-37(34-36)61-47-27-9-6-22-40(47)43-32-33-44-41-23-7-12-30-50(41)63(53(44)52(43)61)57-59-55(46-26-15-25-45-42-24-8-13-31-51(42)64-54(45)46)58-56(60-57)62-48-28-10-4-20-38(48)39-21-5-11-29-49(39)62/h1-34H. The summed E-state index contributed by atoms with van der Waals surface area (Å²) < 4.78 is 13.5. The molecule has 64 heavy (non-hydrogen) atoms. The van der Waals surface area contributed by atoms with Crippen molar-refractivity contribution >= 4 is 87.4 Å². The highest BCUT2D eigenvalue weighted by atomic mass is 16.3. The van der Waals surface area contributed by atoms with Crippen LogP contribution < -0.4 is 0 Å². The van der Waals surface area contributed by atoms with Crippen LogP contribution in [0.25, 0.3) is 127 Å². The van der Waals surface area contributed by atoms with E-state index in [0.717, 1.165) is 98.8 Å². The lowest BCUT2D eigenvalue weighted by Gasteiger charge is -2.14. The van der Waals surface area contributed by atoms with Crippen molar-refractivity contribution in [3.8, 4) is 40.1 Å². The molecule has 7 heteroatoms. The van der Waals surface area contributed by atoms with Gasteiger partial charge in [-0.2, -0.15) is 15.0 Å². The second kappa shape index (κ2) is 13.3. The lowest BCUT2D eigenvalue weighted by Crippen LogP contribution is -2.10. The fraction of sp³-hybridized carbons (Fsp3) is 0. The Kier molecular flexibility index (Phi) is 7.27. The van der Waals surface area contributed by atoms with E-state index in [1.54, 1.807) is 0 Å². The van der Waals surface area contributed by atoms with Crippen LogP contribution in [0.1, 0.15) is 0 Å². The average Bonchev–Trinajstić information content (AvgIpc) is 4.11. The van der Waals surface area contributed by atoms with Gasteiger partial charge >= 0.3 is 0 Å². The van der Waals surface area contributed by atoms with Gasteiger partial charge in [0.15, 0.2) is 5.82 Å². The van der Waals surface area contributed by atoms with Gasteiger partial charge in [-0.3, -0.25) is 9.13 Å². The van der Waals surface area contributed by atoms with Crippen LogP contribution in [0.2, 0.25) is 0 Å². The lowest BCUT2D eigenvalue weighted by atomic mass is 10.1. The Bertz CT molecular complexity index is 4160. The highest BCUT2D eigenvalue weighted by Gasteiger charge is 2.25. The number of rotatable bonds is 5. The Morgan fingerprint density at radius 2 is 0.812 bits per heavy atom. The molecule has 0 spiro atoms. The zero-order chi connectivity index (χ0) is 41.9. The fourth-order valence-corrected chi connectivity index (χ4v) is 10.2. The molecule has 0 unspecified atom stereocenters. The van der Waals surface area contributed by atoms with E-state index in [1.165, 1.54) is 10.9 Å². The first-order chi connectivity index (χ1) is 31.8. The molecule has 14 rings (SSSR count). The van der Waals surface area contributed by atoms with Crippen molar-refractivity contribution in [3.63, 3.8) is 0 Å². The first-order valence-electron chi connectivity index (χ1n) is 21.5. The summed E-state index contributed by atoms with van der Waals surface area (Å²) in [7, 11) is 0. The van der Waals surface area contributed by atoms with E-state index >= 15 is 0 Å². The molecule has 0 aliphatic heterocycles. The third-order valence-corrected chi connectivity index (χ3v) is 12.9. The summed E-state index contributed by atoms with van der Waals surface area (Å²) in [5.41, 5.74) is 11.9. The Morgan fingerprint density at radius 3 is 1.48 bits per heavy atom. The summed E-state index contributed by atoms with van der Waals surface area (Å²) >= 11 is 0. The van der Waals surface area contributed by atoms with Crippen molar-refractivity contribution in [3.05, 3.63) is 206 Å². The highest BCUT2D eigenvalue weighted by molar-refractivity contribution is 6.24. The second-order valence-corrected chi connectivity index (χ2v) is 16.4. The molecule has 0 aliphatic carbocycles. The maximum Gasteiger partial charge on any atom is 0.240 e. The Hall–Kier alpha value is -8.81. The number of nitrogens with zero attached hydrogens (tertiary/aromatic N) is 6. The zero-order valence-corrected chi connectivity index (χ0v) is 34.2. The van der Waals surface area contributed by atoms with Gasteiger partial charge in [0.25, 0.3) is 0 Å². The third-order valence-electron chi connectivity index (χ3n) is 12.9. The number of furan rings is 1. The first-order valence-corrected chi connectivity index (χ1v) is 21.5. The predicted molar refractivity (Wildman–Crippen MR) is 261 cm³/mol. The van der Waals surface area contributed by atoms with Crippen molar-refractivity contribution in [2.45, 2.75) is 0 Å². The minimum Gasteiger partial charge on any atom is -0.455 e. The molecule has 5 aromatic heterocycles. The molecule has 0 saturated carbocycles. The van der Waals surface area contributed by atoms with Gasteiger partial charge in [0.05, 0.1) is 38.7 Å². The highest BCUT2D eigenvalue weighted by Crippen LogP contribution is 2.43. The molecule has 0 radical (unpaired) electrons. The van der Waals surface area contributed by atoms with Gasteiger partial charge in [0.2, 0.25) is 11.9 Å². The summed E-state index contributed by atoms with van der Waals surface area (Å²) in [6.45, 7) is 0. The Labute approximate surface area is 365 Å². The van der Waals surface area contributed by atoms with E-state index < -0.39 is 0 Å². The minimum absolute atomic E-state index is 0.503. The largest absolute Gasteiger partial charge is 0.455 e. The number of hydrogen-bond acceptors (Lipinski definition) is 4. The molecule has 0 bridgehead atoms. The average molecular weight is 819 g/mol. The molecule has 0 amide bonds. The van der Waals surface area contributed by atoms with Crippen molar-refractivity contribution in [2.24, 2.45) is 0 Å².